The van der Waals surface area contributed by atoms with Crippen molar-refractivity contribution < 1.29 is 13.2 Å². The Hall–Kier alpha value is -2.16. The molecule has 8 heteroatoms. The molecule has 1 amide bonds. The van der Waals surface area contributed by atoms with Gasteiger partial charge in [-0.1, -0.05) is 55.4 Å². The summed E-state index contributed by atoms with van der Waals surface area (Å²) in [6, 6.07) is 14.3. The van der Waals surface area contributed by atoms with Crippen LogP contribution in [-0.4, -0.2) is 42.6 Å². The van der Waals surface area contributed by atoms with Gasteiger partial charge in [0.2, 0.25) is 10.0 Å². The average molecular weight is 432 g/mol. The van der Waals surface area contributed by atoms with Crippen LogP contribution in [0.25, 0.3) is 0 Å². The Morgan fingerprint density at radius 1 is 1.10 bits per heavy atom. The highest BCUT2D eigenvalue weighted by atomic mass is 32.2. The molecule has 0 bridgehead atoms. The summed E-state index contributed by atoms with van der Waals surface area (Å²) in [4.78, 5) is 17.3. The van der Waals surface area contributed by atoms with Crippen LogP contribution < -0.4 is 5.32 Å². The van der Waals surface area contributed by atoms with E-state index in [0.29, 0.717) is 23.8 Å². The van der Waals surface area contributed by atoms with E-state index in [1.54, 1.807) is 13.8 Å². The van der Waals surface area contributed by atoms with Crippen molar-refractivity contribution in [1.82, 2.24) is 9.62 Å². The molecule has 2 aromatic rings. The van der Waals surface area contributed by atoms with Crippen LogP contribution >= 0.6 is 11.8 Å². The molecular formula is C21H25N3O3S2. The van der Waals surface area contributed by atoms with Crippen molar-refractivity contribution in [2.45, 2.75) is 31.7 Å². The van der Waals surface area contributed by atoms with Crippen molar-refractivity contribution in [1.29, 1.82) is 0 Å². The van der Waals surface area contributed by atoms with Crippen LogP contribution in [0.1, 0.15) is 41.4 Å². The Morgan fingerprint density at radius 2 is 1.72 bits per heavy atom. The standard InChI is InChI=1S/C21H25N3O3S2/c1-4-24(5-2)29(26,27)18-12-10-17(11-13-18)20(25)23-21-22-19(14-28-21)16-8-6-15(3)7-9-16/h6-13,19H,4-5,14H2,1-3H3,(H,22,23,25). The quantitative estimate of drug-likeness (QED) is 0.758. The average Bonchev–Trinajstić information content (AvgIpc) is 3.17. The van der Waals surface area contributed by atoms with Gasteiger partial charge >= 0.3 is 0 Å². The number of hydrogen-bond acceptors (Lipinski definition) is 5. The van der Waals surface area contributed by atoms with E-state index in [1.165, 1.54) is 45.9 Å². The van der Waals surface area contributed by atoms with E-state index in [-0.39, 0.29) is 16.8 Å². The first-order valence-electron chi connectivity index (χ1n) is 9.54. The predicted molar refractivity (Wildman–Crippen MR) is 118 cm³/mol. The number of nitrogens with zero attached hydrogens (tertiary/aromatic N) is 2. The minimum absolute atomic E-state index is 0.0255. The van der Waals surface area contributed by atoms with Crippen molar-refractivity contribution in [3.05, 3.63) is 65.2 Å². The first-order chi connectivity index (χ1) is 13.8. The van der Waals surface area contributed by atoms with Crippen molar-refractivity contribution in [3.63, 3.8) is 0 Å². The number of thioether (sulfide) groups is 1. The van der Waals surface area contributed by atoms with E-state index in [9.17, 15) is 13.2 Å². The molecule has 0 radical (unpaired) electrons. The van der Waals surface area contributed by atoms with E-state index in [4.69, 9.17) is 0 Å². The third-order valence-electron chi connectivity index (χ3n) is 4.79. The number of rotatable bonds is 6. The molecule has 6 nitrogen and oxygen atoms in total. The number of amidine groups is 1. The Bertz CT molecular complexity index is 996. The molecule has 29 heavy (non-hydrogen) atoms. The second kappa shape index (κ2) is 9.11. The van der Waals surface area contributed by atoms with Crippen LogP contribution in [0.3, 0.4) is 0 Å². The molecule has 1 N–H and O–H groups in total. The van der Waals surface area contributed by atoms with Crippen molar-refractivity contribution >= 4 is 32.9 Å². The highest BCUT2D eigenvalue weighted by Crippen LogP contribution is 2.29. The molecular weight excluding hydrogens is 406 g/mol. The van der Waals surface area contributed by atoms with E-state index < -0.39 is 10.0 Å². The van der Waals surface area contributed by atoms with Gasteiger partial charge in [0.15, 0.2) is 5.17 Å². The summed E-state index contributed by atoms with van der Waals surface area (Å²) < 4.78 is 26.5. The molecule has 0 spiro atoms. The Labute approximate surface area is 176 Å². The normalized spacial score (nSPS) is 16.7. The van der Waals surface area contributed by atoms with Crippen LogP contribution in [0.4, 0.5) is 0 Å². The summed E-state index contributed by atoms with van der Waals surface area (Å²) >= 11 is 1.51. The maximum absolute atomic E-state index is 12.5. The topological polar surface area (TPSA) is 78.8 Å². The second-order valence-corrected chi connectivity index (χ2v) is 9.69. The van der Waals surface area contributed by atoms with Crippen molar-refractivity contribution in [2.75, 3.05) is 18.8 Å². The Balaban J connectivity index is 1.68. The van der Waals surface area contributed by atoms with Crippen LogP contribution in [0.15, 0.2) is 58.4 Å². The van der Waals surface area contributed by atoms with Gasteiger partial charge < -0.3 is 5.32 Å². The van der Waals surface area contributed by atoms with Crippen LogP contribution in [0.2, 0.25) is 0 Å². The fourth-order valence-corrected chi connectivity index (χ4v) is 5.47. The predicted octanol–water partition coefficient (Wildman–Crippen LogP) is 3.60. The summed E-state index contributed by atoms with van der Waals surface area (Å²) in [6.45, 7) is 6.45. The molecule has 1 aliphatic rings. The first-order valence-corrected chi connectivity index (χ1v) is 12.0. The fraction of sp³-hybridized carbons (Fsp3) is 0.333. The molecule has 1 atom stereocenters. The van der Waals surface area contributed by atoms with Gasteiger partial charge in [0.05, 0.1) is 10.9 Å². The first kappa shape index (κ1) is 21.5. The van der Waals surface area contributed by atoms with Crippen LogP contribution in [-0.2, 0) is 10.0 Å². The third-order valence-corrected chi connectivity index (χ3v) is 7.82. The maximum atomic E-state index is 12.5. The van der Waals surface area contributed by atoms with Gasteiger partial charge in [0, 0.05) is 24.4 Å². The van der Waals surface area contributed by atoms with E-state index in [2.05, 4.69) is 34.6 Å². The molecule has 3 rings (SSSR count). The van der Waals surface area contributed by atoms with Crippen molar-refractivity contribution in [2.24, 2.45) is 4.99 Å². The number of aliphatic imine (C=N–C) groups is 1. The number of amides is 1. The number of aryl methyl sites for hydroxylation is 1. The molecule has 0 saturated heterocycles. The lowest BCUT2D eigenvalue weighted by Gasteiger charge is -2.18. The molecule has 1 unspecified atom stereocenters. The summed E-state index contributed by atoms with van der Waals surface area (Å²) in [5, 5.41) is 3.41. The minimum Gasteiger partial charge on any atom is -0.301 e. The second-order valence-electron chi connectivity index (χ2n) is 6.74. The van der Waals surface area contributed by atoms with Crippen LogP contribution in [0.5, 0.6) is 0 Å². The molecule has 1 heterocycles. The fourth-order valence-electron chi connectivity index (χ4n) is 3.06. The lowest BCUT2D eigenvalue weighted by atomic mass is 10.1. The molecule has 2 aromatic carbocycles. The number of benzene rings is 2. The molecule has 154 valence electrons. The zero-order valence-corrected chi connectivity index (χ0v) is 18.4. The highest BCUT2D eigenvalue weighted by molar-refractivity contribution is 8.14. The molecule has 0 aromatic heterocycles. The zero-order chi connectivity index (χ0) is 21.0. The molecule has 1 aliphatic heterocycles. The van der Waals surface area contributed by atoms with E-state index in [1.807, 2.05) is 6.92 Å². The summed E-state index contributed by atoms with van der Waals surface area (Å²) in [7, 11) is -3.53. The summed E-state index contributed by atoms with van der Waals surface area (Å²) in [5.74, 6) is 0.479. The largest absolute Gasteiger partial charge is 0.301 e. The van der Waals surface area contributed by atoms with Crippen molar-refractivity contribution in [3.8, 4) is 0 Å². The Morgan fingerprint density at radius 3 is 2.31 bits per heavy atom. The SMILES string of the molecule is CCN(CC)S(=O)(=O)c1ccc(C(=O)NC2=NC(c3ccc(C)cc3)CS2)cc1. The lowest BCUT2D eigenvalue weighted by molar-refractivity contribution is 0.0978. The van der Waals surface area contributed by atoms with Gasteiger partial charge in [-0.15, -0.1) is 0 Å². The number of sulfonamides is 1. The maximum Gasteiger partial charge on any atom is 0.257 e. The van der Waals surface area contributed by atoms with Gasteiger partial charge in [-0.05, 0) is 36.8 Å². The number of carbonyl (C=O) groups is 1. The van der Waals surface area contributed by atoms with E-state index >= 15 is 0 Å². The molecule has 0 fully saturated rings. The number of carbonyl (C=O) groups excluding carboxylic acids is 1. The Kier molecular flexibility index (Phi) is 6.77. The van der Waals surface area contributed by atoms with Gasteiger partial charge in [0.25, 0.3) is 5.91 Å². The smallest absolute Gasteiger partial charge is 0.257 e. The van der Waals surface area contributed by atoms with Gasteiger partial charge in [-0.25, -0.2) is 8.42 Å². The van der Waals surface area contributed by atoms with Gasteiger partial charge in [-0.2, -0.15) is 4.31 Å². The van der Waals surface area contributed by atoms with Gasteiger partial charge in [-0.3, -0.25) is 9.79 Å². The zero-order valence-electron chi connectivity index (χ0n) is 16.8. The lowest BCUT2D eigenvalue weighted by Crippen LogP contribution is -2.31. The monoisotopic (exact) mass is 431 g/mol. The van der Waals surface area contributed by atoms with Crippen LogP contribution in [0, 0.1) is 6.92 Å². The van der Waals surface area contributed by atoms with E-state index in [0.717, 1.165) is 11.3 Å². The number of nitrogens with one attached hydrogen (secondary N) is 1. The molecule has 0 saturated carbocycles. The number of hydrogen-bond donors (Lipinski definition) is 1. The minimum atomic E-state index is -3.53. The highest BCUT2D eigenvalue weighted by Gasteiger charge is 2.23. The third kappa shape index (κ3) is 4.88. The van der Waals surface area contributed by atoms with Gasteiger partial charge in [0.1, 0.15) is 0 Å². The molecule has 0 aliphatic carbocycles. The summed E-state index contributed by atoms with van der Waals surface area (Å²) in [6.07, 6.45) is 0. The summed E-state index contributed by atoms with van der Waals surface area (Å²) in [5.41, 5.74) is 2.72.